The highest BCUT2D eigenvalue weighted by Gasteiger charge is 2.33. The molecule has 1 heterocycles. The highest BCUT2D eigenvalue weighted by molar-refractivity contribution is 5.45. The predicted octanol–water partition coefficient (Wildman–Crippen LogP) is 4.07. The van der Waals surface area contributed by atoms with Gasteiger partial charge < -0.3 is 4.57 Å². The van der Waals surface area contributed by atoms with Gasteiger partial charge in [0.05, 0.1) is 10.5 Å². The van der Waals surface area contributed by atoms with E-state index in [-0.39, 0.29) is 12.0 Å². The number of nitro benzene ring substituents is 1. The molecule has 3 rings (SSSR count). The molecule has 0 fully saturated rings. The van der Waals surface area contributed by atoms with Crippen LogP contribution in [0.1, 0.15) is 29.8 Å². The first-order valence-electron chi connectivity index (χ1n) is 7.90. The molecule has 0 N–H and O–H groups in total. The maximum Gasteiger partial charge on any atom is 0.416 e. The molecular weight excluding hydrogens is 349 g/mol. The number of hydrogen-bond acceptors (Lipinski definition) is 4. The minimum Gasteiger partial charge on any atom is -0.313 e. The van der Waals surface area contributed by atoms with Crippen LogP contribution in [0.25, 0.3) is 0 Å². The highest BCUT2D eigenvalue weighted by atomic mass is 19.4. The molecule has 0 atom stereocenters. The van der Waals surface area contributed by atoms with Crippen LogP contribution >= 0.6 is 0 Å². The lowest BCUT2D eigenvalue weighted by Gasteiger charge is -2.12. The molecule has 0 spiro atoms. The lowest BCUT2D eigenvalue weighted by Crippen LogP contribution is -2.10. The Labute approximate surface area is 146 Å². The zero-order valence-electron chi connectivity index (χ0n) is 13.6. The van der Waals surface area contributed by atoms with Crippen LogP contribution in [-0.4, -0.2) is 19.7 Å². The van der Waals surface area contributed by atoms with Crippen LogP contribution in [0.4, 0.5) is 18.9 Å². The number of benzene rings is 1. The van der Waals surface area contributed by atoms with E-state index in [0.717, 1.165) is 30.5 Å². The minimum atomic E-state index is -4.63. The Balaban J connectivity index is 1.88. The maximum atomic E-state index is 12.8. The largest absolute Gasteiger partial charge is 0.416 e. The van der Waals surface area contributed by atoms with E-state index in [4.69, 9.17) is 0 Å². The predicted molar refractivity (Wildman–Crippen MR) is 87.4 cm³/mol. The summed E-state index contributed by atoms with van der Waals surface area (Å²) in [7, 11) is 0. The number of nitrogens with zero attached hydrogens (tertiary/aromatic N) is 4. The second-order valence-electron chi connectivity index (χ2n) is 5.94. The van der Waals surface area contributed by atoms with Crippen molar-refractivity contribution in [2.75, 3.05) is 0 Å². The Morgan fingerprint density at radius 1 is 1.31 bits per heavy atom. The average molecular weight is 364 g/mol. The normalized spacial score (nSPS) is 14.3. The summed E-state index contributed by atoms with van der Waals surface area (Å²) in [6, 6.07) is 2.53. The number of aromatic nitrogens is 3. The molecule has 2 aromatic rings. The molecule has 1 aromatic carbocycles. The molecule has 136 valence electrons. The lowest BCUT2D eigenvalue weighted by atomic mass is 10.0. The van der Waals surface area contributed by atoms with E-state index >= 15 is 0 Å². The first-order valence-corrected chi connectivity index (χ1v) is 7.90. The van der Waals surface area contributed by atoms with Crippen molar-refractivity contribution in [2.24, 2.45) is 0 Å². The van der Waals surface area contributed by atoms with Crippen molar-refractivity contribution in [1.82, 2.24) is 14.8 Å². The summed E-state index contributed by atoms with van der Waals surface area (Å²) in [4.78, 5) is 10.4. The molecule has 26 heavy (non-hydrogen) atoms. The van der Waals surface area contributed by atoms with E-state index in [9.17, 15) is 23.3 Å². The van der Waals surface area contributed by atoms with Gasteiger partial charge in [0.15, 0.2) is 0 Å². The summed E-state index contributed by atoms with van der Waals surface area (Å²) >= 11 is 0. The molecular formula is C17H15F3N4O2. The molecule has 0 unspecified atom stereocenters. The fraction of sp³-hybridized carbons (Fsp3) is 0.294. The molecule has 1 aromatic heterocycles. The van der Waals surface area contributed by atoms with E-state index < -0.39 is 22.4 Å². The summed E-state index contributed by atoms with van der Waals surface area (Å²) < 4.78 is 40.2. The third-order valence-corrected chi connectivity index (χ3v) is 4.13. The Hall–Kier alpha value is -2.97. The summed E-state index contributed by atoms with van der Waals surface area (Å²) in [5, 5.41) is 19.0. The average Bonchev–Trinajstić information content (AvgIpc) is 3.02. The van der Waals surface area contributed by atoms with Crippen LogP contribution in [0.3, 0.4) is 0 Å². The van der Waals surface area contributed by atoms with Crippen molar-refractivity contribution in [3.63, 3.8) is 0 Å². The van der Waals surface area contributed by atoms with Gasteiger partial charge >= 0.3 is 6.18 Å². The van der Waals surface area contributed by atoms with Gasteiger partial charge in [0.1, 0.15) is 12.2 Å². The van der Waals surface area contributed by atoms with Crippen molar-refractivity contribution in [1.29, 1.82) is 0 Å². The lowest BCUT2D eigenvalue weighted by molar-refractivity contribution is -0.385. The van der Waals surface area contributed by atoms with Crippen molar-refractivity contribution < 1.29 is 18.1 Å². The standard InChI is InChI=1S/C17H15F3N4O2/c18-17(19,20)14-7-6-13(15(9-14)24(25)26)8-16-22-21-11-23(16)10-12-4-2-1-3-5-12/h1-2,4,6-7,9,11H,3,5,8,10H2. The van der Waals surface area contributed by atoms with Crippen molar-refractivity contribution in [3.8, 4) is 0 Å². The molecule has 1 aliphatic carbocycles. The van der Waals surface area contributed by atoms with Crippen LogP contribution in [0.5, 0.6) is 0 Å². The van der Waals surface area contributed by atoms with Gasteiger partial charge in [0, 0.05) is 24.6 Å². The molecule has 0 aliphatic heterocycles. The zero-order valence-corrected chi connectivity index (χ0v) is 13.6. The molecule has 0 bridgehead atoms. The second kappa shape index (κ2) is 7.11. The Morgan fingerprint density at radius 2 is 2.12 bits per heavy atom. The van der Waals surface area contributed by atoms with Crippen LogP contribution in [-0.2, 0) is 19.1 Å². The Bertz CT molecular complexity index is 884. The molecule has 0 saturated heterocycles. The fourth-order valence-corrected chi connectivity index (χ4v) is 2.78. The molecule has 0 saturated carbocycles. The first-order chi connectivity index (χ1) is 12.3. The van der Waals surface area contributed by atoms with Crippen molar-refractivity contribution in [2.45, 2.75) is 32.0 Å². The van der Waals surface area contributed by atoms with Crippen LogP contribution in [0.15, 0.2) is 48.3 Å². The van der Waals surface area contributed by atoms with Gasteiger partial charge in [-0.25, -0.2) is 0 Å². The minimum absolute atomic E-state index is 0.0254. The third-order valence-electron chi connectivity index (χ3n) is 4.13. The molecule has 9 heteroatoms. The monoisotopic (exact) mass is 364 g/mol. The molecule has 1 aliphatic rings. The number of nitro groups is 1. The third kappa shape index (κ3) is 3.98. The molecule has 0 radical (unpaired) electrons. The quantitative estimate of drug-likeness (QED) is 0.592. The van der Waals surface area contributed by atoms with E-state index in [1.54, 1.807) is 4.57 Å². The summed E-state index contributed by atoms with van der Waals surface area (Å²) in [6.07, 6.45) is 4.76. The fourth-order valence-electron chi connectivity index (χ4n) is 2.78. The van der Waals surface area contributed by atoms with E-state index in [1.165, 1.54) is 6.33 Å². The van der Waals surface area contributed by atoms with Gasteiger partial charge in [-0.15, -0.1) is 10.2 Å². The van der Waals surface area contributed by atoms with Gasteiger partial charge in [-0.3, -0.25) is 10.1 Å². The number of rotatable bonds is 5. The molecule has 0 amide bonds. The van der Waals surface area contributed by atoms with Gasteiger partial charge in [-0.1, -0.05) is 29.9 Å². The van der Waals surface area contributed by atoms with Crippen LogP contribution in [0, 0.1) is 10.1 Å². The topological polar surface area (TPSA) is 73.8 Å². The summed E-state index contributed by atoms with van der Waals surface area (Å²) in [5.41, 5.74) is -0.298. The van der Waals surface area contributed by atoms with E-state index in [2.05, 4.69) is 16.3 Å². The van der Waals surface area contributed by atoms with E-state index in [0.29, 0.717) is 18.4 Å². The van der Waals surface area contributed by atoms with Gasteiger partial charge in [-0.05, 0) is 18.9 Å². The highest BCUT2D eigenvalue weighted by Crippen LogP contribution is 2.33. The second-order valence-corrected chi connectivity index (χ2v) is 5.94. The number of allylic oxidation sites excluding steroid dienone is 4. The Morgan fingerprint density at radius 3 is 2.77 bits per heavy atom. The van der Waals surface area contributed by atoms with Crippen LogP contribution in [0.2, 0.25) is 0 Å². The van der Waals surface area contributed by atoms with Gasteiger partial charge in [0.2, 0.25) is 0 Å². The van der Waals surface area contributed by atoms with E-state index in [1.807, 2.05) is 12.2 Å². The SMILES string of the molecule is O=[N+]([O-])c1cc(C(F)(F)F)ccc1Cc1nncn1CC1=CC=CCC1. The van der Waals surface area contributed by atoms with Crippen LogP contribution < -0.4 is 0 Å². The smallest absolute Gasteiger partial charge is 0.313 e. The van der Waals surface area contributed by atoms with Gasteiger partial charge in [-0.2, -0.15) is 13.2 Å². The van der Waals surface area contributed by atoms with Crippen molar-refractivity contribution >= 4 is 5.69 Å². The Kier molecular flexibility index (Phi) is 4.88. The zero-order chi connectivity index (χ0) is 18.7. The number of halogens is 3. The van der Waals surface area contributed by atoms with Gasteiger partial charge in [0.25, 0.3) is 5.69 Å². The molecule has 6 nitrogen and oxygen atoms in total. The first kappa shape index (κ1) is 17.8. The van der Waals surface area contributed by atoms with Crippen molar-refractivity contribution in [3.05, 3.63) is 75.4 Å². The number of hydrogen-bond donors (Lipinski definition) is 0. The maximum absolute atomic E-state index is 12.8. The number of alkyl halides is 3. The summed E-state index contributed by atoms with van der Waals surface area (Å²) in [6.45, 7) is 0.543. The summed E-state index contributed by atoms with van der Waals surface area (Å²) in [5.74, 6) is 0.461.